The molecule has 19 heavy (non-hydrogen) atoms. The molecule has 1 aromatic carbocycles. The van der Waals surface area contributed by atoms with Crippen molar-refractivity contribution in [2.75, 3.05) is 13.1 Å². The smallest absolute Gasteiger partial charge is 0.308 e. The number of carboxylic acid groups (broad SMARTS) is 1. The lowest BCUT2D eigenvalue weighted by Gasteiger charge is -2.16. The minimum atomic E-state index is -0.923. The molecule has 1 heterocycles. The van der Waals surface area contributed by atoms with Gasteiger partial charge in [-0.25, -0.2) is 4.39 Å². The molecule has 4 nitrogen and oxygen atoms in total. The highest BCUT2D eigenvalue weighted by atomic mass is 35.5. The van der Waals surface area contributed by atoms with Crippen LogP contribution in [0.1, 0.15) is 17.3 Å². The molecule has 0 spiro atoms. The molecule has 1 aliphatic rings. The molecule has 0 bridgehead atoms. The topological polar surface area (TPSA) is 57.6 Å². The summed E-state index contributed by atoms with van der Waals surface area (Å²) in [5, 5.41) is 8.81. The normalized spacial score (nSPS) is 22.6. The first-order chi connectivity index (χ1) is 8.91. The zero-order valence-electron chi connectivity index (χ0n) is 10.3. The Morgan fingerprint density at radius 2 is 2.11 bits per heavy atom. The van der Waals surface area contributed by atoms with Gasteiger partial charge in [0, 0.05) is 13.1 Å². The summed E-state index contributed by atoms with van der Waals surface area (Å²) >= 11 is 5.76. The Labute approximate surface area is 114 Å². The molecule has 1 saturated heterocycles. The van der Waals surface area contributed by atoms with Crippen LogP contribution in [0.15, 0.2) is 18.2 Å². The van der Waals surface area contributed by atoms with Crippen molar-refractivity contribution in [1.29, 1.82) is 0 Å². The minimum absolute atomic E-state index is 0.0694. The molecule has 102 valence electrons. The van der Waals surface area contributed by atoms with Crippen LogP contribution in [0, 0.1) is 17.7 Å². The summed E-state index contributed by atoms with van der Waals surface area (Å²) in [4.78, 5) is 24.6. The quantitative estimate of drug-likeness (QED) is 0.907. The fourth-order valence-corrected chi connectivity index (χ4v) is 2.50. The van der Waals surface area contributed by atoms with Crippen molar-refractivity contribution in [3.05, 3.63) is 34.6 Å². The van der Waals surface area contributed by atoms with Gasteiger partial charge in [0.25, 0.3) is 5.91 Å². The molecule has 2 rings (SSSR count). The number of benzene rings is 1. The maximum atomic E-state index is 13.3. The van der Waals surface area contributed by atoms with Gasteiger partial charge < -0.3 is 10.0 Å². The minimum Gasteiger partial charge on any atom is -0.481 e. The molecular weight excluding hydrogens is 273 g/mol. The zero-order valence-corrected chi connectivity index (χ0v) is 11.0. The monoisotopic (exact) mass is 285 g/mol. The Morgan fingerprint density at radius 3 is 2.68 bits per heavy atom. The summed E-state index contributed by atoms with van der Waals surface area (Å²) < 4.78 is 13.3. The molecule has 2 atom stereocenters. The van der Waals surface area contributed by atoms with Crippen molar-refractivity contribution in [2.24, 2.45) is 11.8 Å². The van der Waals surface area contributed by atoms with Gasteiger partial charge in [-0.2, -0.15) is 0 Å². The van der Waals surface area contributed by atoms with Gasteiger partial charge >= 0.3 is 5.97 Å². The van der Waals surface area contributed by atoms with Crippen molar-refractivity contribution in [3.63, 3.8) is 0 Å². The highest BCUT2D eigenvalue weighted by molar-refractivity contribution is 6.34. The largest absolute Gasteiger partial charge is 0.481 e. The van der Waals surface area contributed by atoms with Crippen molar-refractivity contribution in [1.82, 2.24) is 4.90 Å². The van der Waals surface area contributed by atoms with Crippen LogP contribution in [-0.2, 0) is 4.79 Å². The third kappa shape index (κ3) is 2.56. The molecule has 0 unspecified atom stereocenters. The maximum absolute atomic E-state index is 13.3. The Hall–Kier alpha value is -1.62. The summed E-state index contributed by atoms with van der Waals surface area (Å²) in [7, 11) is 0. The van der Waals surface area contributed by atoms with E-state index in [4.69, 9.17) is 16.7 Å². The molecule has 6 heteroatoms. The molecule has 0 aromatic heterocycles. The number of rotatable bonds is 2. The van der Waals surface area contributed by atoms with Gasteiger partial charge in [-0.1, -0.05) is 24.6 Å². The molecule has 1 amide bonds. The molecular formula is C13H13ClFNO3. The number of amides is 1. The molecule has 1 N–H and O–H groups in total. The molecule has 0 radical (unpaired) electrons. The lowest BCUT2D eigenvalue weighted by Crippen LogP contribution is -2.30. The van der Waals surface area contributed by atoms with Gasteiger partial charge in [0.15, 0.2) is 0 Å². The summed E-state index contributed by atoms with van der Waals surface area (Å²) in [6.45, 7) is 2.24. The van der Waals surface area contributed by atoms with Crippen molar-refractivity contribution >= 4 is 23.5 Å². The first kappa shape index (κ1) is 13.8. The van der Waals surface area contributed by atoms with Crippen LogP contribution >= 0.6 is 11.6 Å². The number of carboxylic acids is 1. The van der Waals surface area contributed by atoms with Gasteiger partial charge in [0.2, 0.25) is 0 Å². The number of carbonyl (C=O) groups excluding carboxylic acids is 1. The fourth-order valence-electron chi connectivity index (χ4n) is 2.29. The maximum Gasteiger partial charge on any atom is 0.308 e. The Bertz CT molecular complexity index is 535. The van der Waals surface area contributed by atoms with Crippen molar-refractivity contribution in [3.8, 4) is 0 Å². The number of carbonyl (C=O) groups is 2. The summed E-state index contributed by atoms with van der Waals surface area (Å²) in [5.41, 5.74) is 0.0694. The Balaban J connectivity index is 2.22. The molecule has 1 fully saturated rings. The Morgan fingerprint density at radius 1 is 1.42 bits per heavy atom. The van der Waals surface area contributed by atoms with E-state index in [2.05, 4.69) is 0 Å². The number of hydrogen-bond acceptors (Lipinski definition) is 2. The standard InChI is InChI=1S/C13H13ClFNO3/c1-7-5-16(6-9(7)13(18)19)12(17)8-3-2-4-10(15)11(8)14/h2-4,7,9H,5-6H2,1H3,(H,18,19)/t7-,9-/m1/s1. The van der Waals surface area contributed by atoms with E-state index in [1.165, 1.54) is 23.1 Å². The van der Waals surface area contributed by atoms with Crippen LogP contribution in [-0.4, -0.2) is 35.0 Å². The van der Waals surface area contributed by atoms with Gasteiger partial charge in [-0.3, -0.25) is 9.59 Å². The lowest BCUT2D eigenvalue weighted by molar-refractivity contribution is -0.142. The summed E-state index contributed by atoms with van der Waals surface area (Å²) in [6, 6.07) is 4.01. The van der Waals surface area contributed by atoms with E-state index >= 15 is 0 Å². The Kier molecular flexibility index (Phi) is 3.75. The molecule has 1 aliphatic heterocycles. The number of aliphatic carboxylic acids is 1. The number of hydrogen-bond donors (Lipinski definition) is 1. The first-order valence-electron chi connectivity index (χ1n) is 5.88. The van der Waals surface area contributed by atoms with E-state index in [-0.39, 0.29) is 23.0 Å². The molecule has 0 saturated carbocycles. The molecule has 1 aromatic rings. The lowest BCUT2D eigenvalue weighted by atomic mass is 9.99. The van der Waals surface area contributed by atoms with Crippen molar-refractivity contribution < 1.29 is 19.1 Å². The average Bonchev–Trinajstić information content (AvgIpc) is 2.74. The van der Waals surface area contributed by atoms with Crippen LogP contribution in [0.5, 0.6) is 0 Å². The highest BCUT2D eigenvalue weighted by Crippen LogP contribution is 2.27. The van der Waals surface area contributed by atoms with Crippen LogP contribution < -0.4 is 0 Å². The van der Waals surface area contributed by atoms with Crippen molar-refractivity contribution in [2.45, 2.75) is 6.92 Å². The zero-order chi connectivity index (χ0) is 14.2. The van der Waals surface area contributed by atoms with E-state index < -0.39 is 23.6 Å². The SMILES string of the molecule is C[C@@H]1CN(C(=O)c2cccc(F)c2Cl)C[C@H]1C(=O)O. The van der Waals surface area contributed by atoms with Crippen LogP contribution in [0.3, 0.4) is 0 Å². The fraction of sp³-hybridized carbons (Fsp3) is 0.385. The predicted molar refractivity (Wildman–Crippen MR) is 67.6 cm³/mol. The highest BCUT2D eigenvalue weighted by Gasteiger charge is 2.37. The number of halogens is 2. The summed E-state index contributed by atoms with van der Waals surface area (Å²) in [5.74, 6) is -2.73. The van der Waals surface area contributed by atoms with Crippen LogP contribution in [0.2, 0.25) is 5.02 Å². The number of nitrogens with zero attached hydrogens (tertiary/aromatic N) is 1. The van der Waals surface area contributed by atoms with E-state index in [1.807, 2.05) is 0 Å². The predicted octanol–water partition coefficient (Wildman–Crippen LogP) is 2.27. The second kappa shape index (κ2) is 5.17. The van der Waals surface area contributed by atoms with E-state index in [9.17, 15) is 14.0 Å². The van der Waals surface area contributed by atoms with E-state index in [0.717, 1.165) is 0 Å². The molecule has 0 aliphatic carbocycles. The van der Waals surface area contributed by atoms with Gasteiger partial charge in [0.1, 0.15) is 5.82 Å². The average molecular weight is 286 g/mol. The van der Waals surface area contributed by atoms with Gasteiger partial charge in [-0.05, 0) is 18.1 Å². The summed E-state index contributed by atoms with van der Waals surface area (Å²) in [6.07, 6.45) is 0. The second-order valence-electron chi connectivity index (χ2n) is 4.73. The third-order valence-electron chi connectivity index (χ3n) is 3.40. The third-order valence-corrected chi connectivity index (χ3v) is 3.78. The van der Waals surface area contributed by atoms with Gasteiger partial charge in [-0.15, -0.1) is 0 Å². The van der Waals surface area contributed by atoms with Crippen LogP contribution in [0.25, 0.3) is 0 Å². The van der Waals surface area contributed by atoms with Crippen LogP contribution in [0.4, 0.5) is 4.39 Å². The van der Waals surface area contributed by atoms with Gasteiger partial charge in [0.05, 0.1) is 16.5 Å². The second-order valence-corrected chi connectivity index (χ2v) is 5.11. The van der Waals surface area contributed by atoms with E-state index in [0.29, 0.717) is 6.54 Å². The first-order valence-corrected chi connectivity index (χ1v) is 6.25. The number of likely N-dealkylation sites (tertiary alicyclic amines) is 1. The van der Waals surface area contributed by atoms with E-state index in [1.54, 1.807) is 6.92 Å².